The molecule has 3 unspecified atom stereocenters. The van der Waals surface area contributed by atoms with Gasteiger partial charge in [-0.05, 0) is 13.8 Å². The summed E-state index contributed by atoms with van der Waals surface area (Å²) in [5, 5.41) is 26.0. The molecule has 11 heavy (non-hydrogen) atoms. The van der Waals surface area contributed by atoms with Crippen molar-refractivity contribution in [3.8, 4) is 0 Å². The molecule has 0 saturated heterocycles. The first-order chi connectivity index (χ1) is 4.46. The number of aliphatic carboxylic acids is 1. The molecule has 0 aromatic rings. The molecule has 0 aromatic heterocycles. The highest BCUT2D eigenvalue weighted by atomic mass is 16.4. The van der Waals surface area contributed by atoms with Crippen LogP contribution in [0, 0.1) is 5.92 Å². The Labute approximate surface area is 65.2 Å². The van der Waals surface area contributed by atoms with Gasteiger partial charge in [-0.25, -0.2) is 0 Å². The van der Waals surface area contributed by atoms with Gasteiger partial charge in [-0.2, -0.15) is 0 Å². The molecular weight excluding hydrogens is 150 g/mol. The number of carbonyl (C=O) groups is 1. The number of hydrogen-bond donors (Lipinski definition) is 4. The van der Waals surface area contributed by atoms with Gasteiger partial charge >= 0.3 is 5.97 Å². The molecule has 68 valence electrons. The van der Waals surface area contributed by atoms with Gasteiger partial charge in [-0.1, -0.05) is 0 Å². The molecule has 0 radical (unpaired) electrons. The van der Waals surface area contributed by atoms with Gasteiger partial charge in [0.25, 0.3) is 0 Å². The van der Waals surface area contributed by atoms with Gasteiger partial charge in [-0.3, -0.25) is 4.79 Å². The molecule has 0 aromatic carbocycles. The molecule has 5 heteroatoms. The normalized spacial score (nSPS) is 17.8. The van der Waals surface area contributed by atoms with E-state index in [0.29, 0.717) is 0 Å². The van der Waals surface area contributed by atoms with Crippen LogP contribution in [0.1, 0.15) is 13.8 Å². The highest BCUT2D eigenvalue weighted by molar-refractivity contribution is 5.70. The molecule has 0 aliphatic carbocycles. The summed E-state index contributed by atoms with van der Waals surface area (Å²) >= 11 is 0. The molecule has 3 atom stereocenters. The summed E-state index contributed by atoms with van der Waals surface area (Å²) in [5.74, 6) is -2.02. The van der Waals surface area contributed by atoms with Gasteiger partial charge < -0.3 is 21.5 Å². The zero-order valence-corrected chi connectivity index (χ0v) is 6.69. The Hall–Kier alpha value is -0.650. The van der Waals surface area contributed by atoms with E-state index in [0.717, 1.165) is 0 Å². The van der Waals surface area contributed by atoms with Crippen LogP contribution in [0.5, 0.6) is 0 Å². The lowest BCUT2D eigenvalue weighted by Crippen LogP contribution is -2.34. The van der Waals surface area contributed by atoms with Crippen molar-refractivity contribution in [1.82, 2.24) is 6.15 Å². The van der Waals surface area contributed by atoms with Crippen molar-refractivity contribution in [2.45, 2.75) is 26.1 Å². The number of rotatable bonds is 3. The highest BCUT2D eigenvalue weighted by Crippen LogP contribution is 2.06. The van der Waals surface area contributed by atoms with Gasteiger partial charge in [0.05, 0.1) is 18.1 Å². The Bertz CT molecular complexity index is 126. The Kier molecular flexibility index (Phi) is 5.97. The third-order valence-electron chi connectivity index (χ3n) is 1.40. The molecule has 0 aliphatic rings. The van der Waals surface area contributed by atoms with Crippen molar-refractivity contribution < 1.29 is 20.1 Å². The topological polar surface area (TPSA) is 113 Å². The van der Waals surface area contributed by atoms with E-state index in [4.69, 9.17) is 15.3 Å². The molecule has 0 saturated carbocycles. The average molecular weight is 165 g/mol. The van der Waals surface area contributed by atoms with Crippen LogP contribution in [0.25, 0.3) is 0 Å². The minimum atomic E-state index is -1.18. The Balaban J connectivity index is 0. The van der Waals surface area contributed by atoms with Gasteiger partial charge in [0.2, 0.25) is 0 Å². The van der Waals surface area contributed by atoms with Gasteiger partial charge in [0.15, 0.2) is 0 Å². The number of carboxylic acids is 1. The minimum Gasteiger partial charge on any atom is -0.481 e. The van der Waals surface area contributed by atoms with Crippen molar-refractivity contribution in [3.05, 3.63) is 0 Å². The first-order valence-corrected chi connectivity index (χ1v) is 3.05. The standard InChI is InChI=1S/C6H12O4.H3N/c1-3(6(9)10)5(8)4(2)7;/h3-5,7-8H,1-2H3,(H,9,10);1H3. The van der Waals surface area contributed by atoms with Crippen LogP contribution in [0.2, 0.25) is 0 Å². The summed E-state index contributed by atoms with van der Waals surface area (Å²) in [7, 11) is 0. The maximum atomic E-state index is 10.2. The van der Waals surface area contributed by atoms with E-state index in [1.807, 2.05) is 0 Å². The first-order valence-electron chi connectivity index (χ1n) is 3.05. The number of hydrogen-bond acceptors (Lipinski definition) is 4. The number of aliphatic hydroxyl groups is 2. The van der Waals surface area contributed by atoms with Crippen molar-refractivity contribution in [3.63, 3.8) is 0 Å². The smallest absolute Gasteiger partial charge is 0.308 e. The van der Waals surface area contributed by atoms with E-state index in [1.165, 1.54) is 13.8 Å². The van der Waals surface area contributed by atoms with Crippen LogP contribution in [0.15, 0.2) is 0 Å². The van der Waals surface area contributed by atoms with Crippen molar-refractivity contribution in [1.29, 1.82) is 0 Å². The molecule has 0 spiro atoms. The number of aliphatic hydroxyl groups excluding tert-OH is 2. The molecule has 0 bridgehead atoms. The summed E-state index contributed by atoms with van der Waals surface area (Å²) in [6.45, 7) is 2.70. The van der Waals surface area contributed by atoms with Gasteiger partial charge in [0.1, 0.15) is 0 Å². The zero-order chi connectivity index (χ0) is 8.31. The Morgan fingerprint density at radius 3 is 1.73 bits per heavy atom. The van der Waals surface area contributed by atoms with E-state index in [1.54, 1.807) is 0 Å². The second-order valence-corrected chi connectivity index (χ2v) is 2.36. The second-order valence-electron chi connectivity index (χ2n) is 2.36. The quantitative estimate of drug-likeness (QED) is 0.455. The van der Waals surface area contributed by atoms with Crippen LogP contribution in [0.3, 0.4) is 0 Å². The lowest BCUT2D eigenvalue weighted by atomic mass is 10.0. The lowest BCUT2D eigenvalue weighted by Gasteiger charge is -2.16. The van der Waals surface area contributed by atoms with E-state index in [2.05, 4.69) is 0 Å². The van der Waals surface area contributed by atoms with Crippen LogP contribution in [-0.2, 0) is 4.79 Å². The van der Waals surface area contributed by atoms with E-state index < -0.39 is 24.1 Å². The molecule has 0 rings (SSSR count). The summed E-state index contributed by atoms with van der Waals surface area (Å²) in [5.41, 5.74) is 0. The maximum Gasteiger partial charge on any atom is 0.308 e. The van der Waals surface area contributed by atoms with Gasteiger partial charge in [0, 0.05) is 0 Å². The summed E-state index contributed by atoms with van der Waals surface area (Å²) in [6.07, 6.45) is -2.18. The number of carboxylic acid groups (broad SMARTS) is 1. The van der Waals surface area contributed by atoms with Gasteiger partial charge in [-0.15, -0.1) is 0 Å². The third-order valence-corrected chi connectivity index (χ3v) is 1.40. The predicted molar refractivity (Wildman–Crippen MR) is 39.5 cm³/mol. The first kappa shape index (κ1) is 13.0. The van der Waals surface area contributed by atoms with Crippen molar-refractivity contribution in [2.75, 3.05) is 0 Å². The SMILES string of the molecule is CC(O)C(O)C(C)C(=O)O.N. The van der Waals surface area contributed by atoms with E-state index in [-0.39, 0.29) is 6.15 Å². The average Bonchev–Trinajstić information content (AvgIpc) is 1.84. The van der Waals surface area contributed by atoms with E-state index in [9.17, 15) is 4.79 Å². The zero-order valence-electron chi connectivity index (χ0n) is 6.69. The third kappa shape index (κ3) is 3.92. The molecule has 0 fully saturated rings. The summed E-state index contributed by atoms with van der Waals surface area (Å²) < 4.78 is 0. The summed E-state index contributed by atoms with van der Waals surface area (Å²) in [6, 6.07) is 0. The van der Waals surface area contributed by atoms with Crippen LogP contribution in [0.4, 0.5) is 0 Å². The van der Waals surface area contributed by atoms with Crippen LogP contribution < -0.4 is 6.15 Å². The van der Waals surface area contributed by atoms with Crippen molar-refractivity contribution >= 4 is 5.97 Å². The molecule has 0 heterocycles. The van der Waals surface area contributed by atoms with Crippen LogP contribution >= 0.6 is 0 Å². The summed E-state index contributed by atoms with van der Waals surface area (Å²) in [4.78, 5) is 10.2. The lowest BCUT2D eigenvalue weighted by molar-refractivity contribution is -0.147. The molecule has 5 nitrogen and oxygen atoms in total. The fourth-order valence-corrected chi connectivity index (χ4v) is 0.564. The molecule has 6 N–H and O–H groups in total. The van der Waals surface area contributed by atoms with Crippen LogP contribution in [-0.4, -0.2) is 33.5 Å². The minimum absolute atomic E-state index is 0. The fraction of sp³-hybridized carbons (Fsp3) is 0.833. The Morgan fingerprint density at radius 1 is 1.27 bits per heavy atom. The Morgan fingerprint density at radius 2 is 1.64 bits per heavy atom. The second kappa shape index (κ2) is 5.06. The monoisotopic (exact) mass is 165 g/mol. The molecule has 0 aliphatic heterocycles. The maximum absolute atomic E-state index is 10.2. The molecule has 0 amide bonds. The highest BCUT2D eigenvalue weighted by Gasteiger charge is 2.24. The van der Waals surface area contributed by atoms with E-state index >= 15 is 0 Å². The van der Waals surface area contributed by atoms with Crippen molar-refractivity contribution in [2.24, 2.45) is 5.92 Å². The fourth-order valence-electron chi connectivity index (χ4n) is 0.564. The molecular formula is C6H15NO4. The largest absolute Gasteiger partial charge is 0.481 e. The predicted octanol–water partition coefficient (Wildman–Crippen LogP) is -0.389.